The first-order valence-corrected chi connectivity index (χ1v) is 4.96. The lowest BCUT2D eigenvalue weighted by atomic mass is 10.2. The van der Waals surface area contributed by atoms with E-state index in [1.165, 1.54) is 11.8 Å². The van der Waals surface area contributed by atoms with Crippen molar-refractivity contribution in [2.24, 2.45) is 0 Å². The molecule has 11 heavy (non-hydrogen) atoms. The van der Waals surface area contributed by atoms with Crippen LogP contribution in [-0.4, -0.2) is 0 Å². The molecule has 0 amide bonds. The lowest BCUT2D eigenvalue weighted by Crippen LogP contribution is -1.78. The molecule has 0 saturated carbocycles. The van der Waals surface area contributed by atoms with Crippen LogP contribution < -0.4 is 0 Å². The summed E-state index contributed by atoms with van der Waals surface area (Å²) >= 11 is 13.0. The normalized spacial score (nSPS) is 10.1. The highest BCUT2D eigenvalue weighted by Crippen LogP contribution is 2.24. The van der Waals surface area contributed by atoms with Crippen molar-refractivity contribution in [1.29, 1.82) is 0 Å². The Kier molecular flexibility index (Phi) is 3.57. The first-order chi connectivity index (χ1) is 5.24. The zero-order chi connectivity index (χ0) is 8.27. The minimum Gasteiger partial charge on any atom is -0.156 e. The minimum absolute atomic E-state index is 0.601. The Labute approximate surface area is 80.9 Å². The summed E-state index contributed by atoms with van der Waals surface area (Å²) in [4.78, 5) is 0. The fourth-order valence-corrected chi connectivity index (χ4v) is 1.48. The quantitative estimate of drug-likeness (QED) is 0.704. The molecular weight excluding hydrogens is 199 g/mol. The van der Waals surface area contributed by atoms with Gasteiger partial charge in [0, 0.05) is 12.0 Å². The second-order valence-electron chi connectivity index (χ2n) is 2.10. The van der Waals surface area contributed by atoms with Crippen LogP contribution in [0.15, 0.2) is 18.2 Å². The topological polar surface area (TPSA) is 0 Å². The Morgan fingerprint density at radius 2 is 2.00 bits per heavy atom. The monoisotopic (exact) mass is 205 g/mol. The fraction of sp³-hybridized carbons (Fsp3) is 0.125. The van der Waals surface area contributed by atoms with Crippen molar-refractivity contribution in [2.75, 3.05) is 0 Å². The van der Waals surface area contributed by atoms with Crippen molar-refractivity contribution < 1.29 is 0 Å². The van der Waals surface area contributed by atoms with E-state index in [-0.39, 0.29) is 0 Å². The van der Waals surface area contributed by atoms with Crippen LogP contribution in [0.1, 0.15) is 5.56 Å². The van der Waals surface area contributed by atoms with Gasteiger partial charge in [-0.3, -0.25) is 0 Å². The smallest absolute Gasteiger partial charge is 0.0595 e. The van der Waals surface area contributed by atoms with Gasteiger partial charge in [-0.15, -0.1) is 0 Å². The number of hydrogen-bond donors (Lipinski definition) is 0. The summed E-state index contributed by atoms with van der Waals surface area (Å²) in [5.74, 6) is 0.872. The van der Waals surface area contributed by atoms with E-state index >= 15 is 0 Å². The second kappa shape index (κ2) is 4.24. The molecule has 0 spiro atoms. The van der Waals surface area contributed by atoms with Gasteiger partial charge in [-0.25, -0.2) is 0 Å². The molecule has 0 fully saturated rings. The number of hydrogen-bond acceptors (Lipinski definition) is 1. The van der Waals surface area contributed by atoms with Gasteiger partial charge in [0.05, 0.1) is 10.0 Å². The third-order valence-electron chi connectivity index (χ3n) is 1.25. The standard InChI is InChI=1S/C8H7Cl2S/c1-11-5-6-2-3-7(9)8(10)4-6/h2-4H,1,5H2. The van der Waals surface area contributed by atoms with E-state index in [9.17, 15) is 0 Å². The van der Waals surface area contributed by atoms with E-state index in [2.05, 4.69) is 6.26 Å². The summed E-state index contributed by atoms with van der Waals surface area (Å²) in [6.45, 7) is 0. The van der Waals surface area contributed by atoms with Gasteiger partial charge in [-0.05, 0) is 17.7 Å². The summed E-state index contributed by atoms with van der Waals surface area (Å²) in [7, 11) is 0. The molecule has 0 bridgehead atoms. The van der Waals surface area contributed by atoms with Gasteiger partial charge in [-0.2, -0.15) is 11.8 Å². The van der Waals surface area contributed by atoms with Gasteiger partial charge in [0.25, 0.3) is 0 Å². The molecule has 0 saturated heterocycles. The van der Waals surface area contributed by atoms with Crippen LogP contribution >= 0.6 is 35.0 Å². The van der Waals surface area contributed by atoms with Crippen molar-refractivity contribution in [3.63, 3.8) is 0 Å². The number of halogens is 2. The van der Waals surface area contributed by atoms with Gasteiger partial charge >= 0.3 is 0 Å². The maximum absolute atomic E-state index is 5.79. The van der Waals surface area contributed by atoms with Crippen LogP contribution in [0.5, 0.6) is 0 Å². The highest BCUT2D eigenvalue weighted by molar-refractivity contribution is 7.99. The zero-order valence-corrected chi connectivity index (χ0v) is 8.14. The summed E-state index contributed by atoms with van der Waals surface area (Å²) < 4.78 is 0. The molecule has 0 heterocycles. The number of rotatable bonds is 2. The van der Waals surface area contributed by atoms with E-state index in [1.54, 1.807) is 6.07 Å². The SMILES string of the molecule is [CH2]SCc1ccc(Cl)c(Cl)c1. The van der Waals surface area contributed by atoms with Crippen molar-refractivity contribution in [2.45, 2.75) is 5.75 Å². The Bertz CT molecular complexity index is 248. The first kappa shape index (κ1) is 9.24. The second-order valence-corrected chi connectivity index (χ2v) is 3.61. The van der Waals surface area contributed by atoms with Crippen molar-refractivity contribution in [3.8, 4) is 0 Å². The van der Waals surface area contributed by atoms with Crippen LogP contribution in [0.25, 0.3) is 0 Å². The summed E-state index contributed by atoms with van der Waals surface area (Å²) in [5.41, 5.74) is 1.15. The summed E-state index contributed by atoms with van der Waals surface area (Å²) in [5, 5.41) is 1.21. The Morgan fingerprint density at radius 1 is 1.27 bits per heavy atom. The molecule has 0 atom stereocenters. The molecule has 1 aromatic rings. The largest absolute Gasteiger partial charge is 0.156 e. The lowest BCUT2D eigenvalue weighted by molar-refractivity contribution is 1.42. The van der Waals surface area contributed by atoms with Crippen LogP contribution in [0.4, 0.5) is 0 Å². The third-order valence-corrected chi connectivity index (χ3v) is 2.53. The maximum Gasteiger partial charge on any atom is 0.0595 e. The van der Waals surface area contributed by atoms with Crippen molar-refractivity contribution in [1.82, 2.24) is 0 Å². The molecule has 59 valence electrons. The van der Waals surface area contributed by atoms with Crippen LogP contribution in [0.2, 0.25) is 10.0 Å². The zero-order valence-electron chi connectivity index (χ0n) is 5.81. The van der Waals surface area contributed by atoms with Gasteiger partial charge < -0.3 is 0 Å². The molecule has 0 nitrogen and oxygen atoms in total. The van der Waals surface area contributed by atoms with Gasteiger partial charge in [0.1, 0.15) is 0 Å². The first-order valence-electron chi connectivity index (χ1n) is 3.05. The van der Waals surface area contributed by atoms with Gasteiger partial charge in [-0.1, -0.05) is 29.3 Å². The van der Waals surface area contributed by atoms with Crippen LogP contribution in [0, 0.1) is 6.26 Å². The van der Waals surface area contributed by atoms with E-state index in [4.69, 9.17) is 23.2 Å². The van der Waals surface area contributed by atoms with E-state index in [1.807, 2.05) is 12.1 Å². The predicted octanol–water partition coefficient (Wildman–Crippen LogP) is 4.02. The molecule has 1 radical (unpaired) electrons. The van der Waals surface area contributed by atoms with Crippen LogP contribution in [-0.2, 0) is 5.75 Å². The molecule has 0 N–H and O–H groups in total. The molecule has 0 unspecified atom stereocenters. The van der Waals surface area contributed by atoms with E-state index in [0.717, 1.165) is 11.3 Å². The molecule has 0 aromatic heterocycles. The molecule has 0 aliphatic carbocycles. The van der Waals surface area contributed by atoms with E-state index in [0.29, 0.717) is 10.0 Å². The van der Waals surface area contributed by atoms with Crippen molar-refractivity contribution >= 4 is 35.0 Å². The molecule has 3 heteroatoms. The predicted molar refractivity (Wildman–Crippen MR) is 53.1 cm³/mol. The third kappa shape index (κ3) is 2.58. The number of thioether (sulfide) groups is 1. The maximum atomic E-state index is 5.79. The fourth-order valence-electron chi connectivity index (χ4n) is 0.747. The molecular formula is C8H7Cl2S. The Morgan fingerprint density at radius 3 is 2.55 bits per heavy atom. The molecule has 1 rings (SSSR count). The average Bonchev–Trinajstić information content (AvgIpc) is 1.98. The molecule has 1 aromatic carbocycles. The lowest BCUT2D eigenvalue weighted by Gasteiger charge is -1.99. The molecule has 0 aliphatic heterocycles. The van der Waals surface area contributed by atoms with Gasteiger partial charge in [0.2, 0.25) is 0 Å². The summed E-state index contributed by atoms with van der Waals surface area (Å²) in [6.07, 6.45) is 3.67. The number of benzene rings is 1. The molecule has 0 aliphatic rings. The summed E-state index contributed by atoms with van der Waals surface area (Å²) in [6, 6.07) is 5.61. The van der Waals surface area contributed by atoms with Gasteiger partial charge in [0.15, 0.2) is 0 Å². The van der Waals surface area contributed by atoms with Crippen molar-refractivity contribution in [3.05, 3.63) is 40.1 Å². The Balaban J connectivity index is 2.86. The minimum atomic E-state index is 0.601. The van der Waals surface area contributed by atoms with E-state index < -0.39 is 0 Å². The highest BCUT2D eigenvalue weighted by Gasteiger charge is 1.97. The average molecular weight is 206 g/mol. The van der Waals surface area contributed by atoms with Crippen LogP contribution in [0.3, 0.4) is 0 Å². The Hall–Kier alpha value is 0.150. The highest BCUT2D eigenvalue weighted by atomic mass is 35.5.